The van der Waals surface area contributed by atoms with E-state index in [0.717, 1.165) is 5.56 Å². The number of ether oxygens (including phenoxy) is 1. The van der Waals surface area contributed by atoms with Gasteiger partial charge in [-0.2, -0.15) is 0 Å². The van der Waals surface area contributed by atoms with E-state index in [1.54, 1.807) is 6.92 Å². The molecule has 5 nitrogen and oxygen atoms in total. The molecule has 0 saturated heterocycles. The van der Waals surface area contributed by atoms with Crippen molar-refractivity contribution in [3.05, 3.63) is 46.7 Å². The predicted molar refractivity (Wildman–Crippen MR) is 98.1 cm³/mol. The summed E-state index contributed by atoms with van der Waals surface area (Å²) in [7, 11) is 0. The fourth-order valence-corrected chi connectivity index (χ4v) is 2.72. The minimum absolute atomic E-state index is 0.0374. The molecule has 2 rings (SSSR count). The third-order valence-electron chi connectivity index (χ3n) is 4.00. The third kappa shape index (κ3) is 4.62. The molecule has 0 bridgehead atoms. The van der Waals surface area contributed by atoms with Crippen LogP contribution in [0.3, 0.4) is 0 Å². The number of rotatable bonds is 2. The Morgan fingerprint density at radius 3 is 2.08 bits per heavy atom. The highest BCUT2D eigenvalue weighted by Crippen LogP contribution is 2.30. The lowest BCUT2D eigenvalue weighted by Crippen LogP contribution is -2.46. The summed E-state index contributed by atoms with van der Waals surface area (Å²) in [4.78, 5) is 24.6. The van der Waals surface area contributed by atoms with E-state index in [0.29, 0.717) is 11.3 Å². The molecule has 2 amide bonds. The molecule has 0 spiro atoms. The Morgan fingerprint density at radius 2 is 1.60 bits per heavy atom. The Bertz CT molecular complexity index is 704. The Labute approximate surface area is 149 Å². The van der Waals surface area contributed by atoms with Crippen molar-refractivity contribution in [2.24, 2.45) is 0 Å². The maximum Gasteiger partial charge on any atom is 0.338 e. The van der Waals surface area contributed by atoms with Crippen LogP contribution in [0, 0.1) is 0 Å². The van der Waals surface area contributed by atoms with Crippen molar-refractivity contribution >= 4 is 12.0 Å². The first-order valence-corrected chi connectivity index (χ1v) is 8.50. The zero-order valence-corrected chi connectivity index (χ0v) is 16.1. The molecule has 0 aromatic heterocycles. The average Bonchev–Trinajstić information content (AvgIpc) is 2.43. The first-order chi connectivity index (χ1) is 11.4. The molecule has 0 saturated carbocycles. The van der Waals surface area contributed by atoms with Gasteiger partial charge in [0.2, 0.25) is 0 Å². The van der Waals surface area contributed by atoms with Crippen molar-refractivity contribution in [1.29, 1.82) is 0 Å². The lowest BCUT2D eigenvalue weighted by molar-refractivity contribution is -0.150. The topological polar surface area (TPSA) is 67.4 Å². The van der Waals surface area contributed by atoms with Crippen LogP contribution in [0.25, 0.3) is 0 Å². The Morgan fingerprint density at radius 1 is 1.04 bits per heavy atom. The molecule has 136 valence electrons. The number of carbonyl (C=O) groups excluding carboxylic acids is 2. The molecular formula is C20H28N2O3. The summed E-state index contributed by atoms with van der Waals surface area (Å²) in [6, 6.07) is 7.12. The maximum absolute atomic E-state index is 12.7. The molecule has 5 heteroatoms. The maximum atomic E-state index is 12.7. The normalized spacial score (nSPS) is 18.5. The van der Waals surface area contributed by atoms with Gasteiger partial charge in [-0.25, -0.2) is 9.59 Å². The highest BCUT2D eigenvalue weighted by molar-refractivity contribution is 5.95. The lowest BCUT2D eigenvalue weighted by Gasteiger charge is -2.30. The lowest BCUT2D eigenvalue weighted by atomic mass is 9.85. The first-order valence-electron chi connectivity index (χ1n) is 8.50. The van der Waals surface area contributed by atoms with Gasteiger partial charge >= 0.3 is 12.0 Å². The van der Waals surface area contributed by atoms with E-state index in [2.05, 4.69) is 31.4 Å². The fourth-order valence-electron chi connectivity index (χ4n) is 2.72. The van der Waals surface area contributed by atoms with Gasteiger partial charge in [0.1, 0.15) is 5.60 Å². The summed E-state index contributed by atoms with van der Waals surface area (Å²) in [5.74, 6) is -0.428. The van der Waals surface area contributed by atoms with E-state index in [4.69, 9.17) is 4.74 Å². The summed E-state index contributed by atoms with van der Waals surface area (Å²) in [6.45, 7) is 13.6. The minimum Gasteiger partial charge on any atom is -0.456 e. The SMILES string of the molecule is CC1=C(C(=O)OC(C)(C)C)C(c2ccc(C(C)(C)C)cc2)NC(=O)N1. The van der Waals surface area contributed by atoms with Gasteiger partial charge < -0.3 is 15.4 Å². The van der Waals surface area contributed by atoms with Crippen molar-refractivity contribution < 1.29 is 14.3 Å². The molecule has 1 aromatic carbocycles. The third-order valence-corrected chi connectivity index (χ3v) is 4.00. The largest absolute Gasteiger partial charge is 0.456 e. The molecule has 0 aliphatic carbocycles. The monoisotopic (exact) mass is 344 g/mol. The van der Waals surface area contributed by atoms with Gasteiger partial charge in [-0.1, -0.05) is 45.0 Å². The van der Waals surface area contributed by atoms with Crippen molar-refractivity contribution in [3.63, 3.8) is 0 Å². The van der Waals surface area contributed by atoms with Crippen LogP contribution in [0.5, 0.6) is 0 Å². The number of benzene rings is 1. The van der Waals surface area contributed by atoms with Crippen molar-refractivity contribution in [2.45, 2.75) is 65.5 Å². The first kappa shape index (κ1) is 19.0. The molecule has 1 heterocycles. The van der Waals surface area contributed by atoms with Crippen LogP contribution < -0.4 is 10.6 Å². The van der Waals surface area contributed by atoms with Gasteiger partial charge in [0.15, 0.2) is 0 Å². The van der Waals surface area contributed by atoms with Gasteiger partial charge in [-0.15, -0.1) is 0 Å². The van der Waals surface area contributed by atoms with Crippen LogP contribution in [0.2, 0.25) is 0 Å². The molecule has 0 radical (unpaired) electrons. The number of urea groups is 1. The molecule has 25 heavy (non-hydrogen) atoms. The van der Waals surface area contributed by atoms with Gasteiger partial charge in [0.25, 0.3) is 0 Å². The van der Waals surface area contributed by atoms with Gasteiger partial charge in [-0.3, -0.25) is 0 Å². The standard InChI is InChI=1S/C20H28N2O3/c1-12-15(17(23)25-20(5,6)7)16(22-18(24)21-12)13-8-10-14(11-9-13)19(2,3)4/h8-11,16H,1-7H3,(H2,21,22,24). The number of carbonyl (C=O) groups is 2. The van der Waals surface area contributed by atoms with Gasteiger partial charge in [-0.05, 0) is 44.2 Å². The summed E-state index contributed by atoms with van der Waals surface area (Å²) >= 11 is 0. The molecule has 0 fully saturated rings. The van der Waals surface area contributed by atoms with Gasteiger partial charge in [0, 0.05) is 5.70 Å². The van der Waals surface area contributed by atoms with E-state index >= 15 is 0 Å². The van der Waals surface area contributed by atoms with Crippen LogP contribution in [0.15, 0.2) is 35.5 Å². The van der Waals surface area contributed by atoms with E-state index < -0.39 is 17.6 Å². The van der Waals surface area contributed by atoms with E-state index in [1.807, 2.05) is 45.0 Å². The van der Waals surface area contributed by atoms with Crippen molar-refractivity contribution in [3.8, 4) is 0 Å². The summed E-state index contributed by atoms with van der Waals surface area (Å²) < 4.78 is 5.52. The van der Waals surface area contributed by atoms with Gasteiger partial charge in [0.05, 0.1) is 11.6 Å². The van der Waals surface area contributed by atoms with E-state index in [9.17, 15) is 9.59 Å². The van der Waals surface area contributed by atoms with Crippen LogP contribution in [-0.4, -0.2) is 17.6 Å². The zero-order valence-electron chi connectivity index (χ0n) is 16.1. The van der Waals surface area contributed by atoms with Crippen molar-refractivity contribution in [1.82, 2.24) is 10.6 Å². The fraction of sp³-hybridized carbons (Fsp3) is 0.500. The molecule has 1 aromatic rings. The number of amides is 2. The smallest absolute Gasteiger partial charge is 0.338 e. The van der Waals surface area contributed by atoms with Crippen LogP contribution in [0.1, 0.15) is 65.6 Å². The van der Waals surface area contributed by atoms with Crippen LogP contribution >= 0.6 is 0 Å². The second-order valence-electron chi connectivity index (χ2n) is 8.44. The molecular weight excluding hydrogens is 316 g/mol. The van der Waals surface area contributed by atoms with Crippen LogP contribution in [0.4, 0.5) is 4.79 Å². The molecule has 2 N–H and O–H groups in total. The number of hydrogen-bond donors (Lipinski definition) is 2. The quantitative estimate of drug-likeness (QED) is 0.798. The molecule has 1 unspecified atom stereocenters. The minimum atomic E-state index is -0.605. The Hall–Kier alpha value is -2.30. The average molecular weight is 344 g/mol. The highest BCUT2D eigenvalue weighted by Gasteiger charge is 2.34. The zero-order chi connectivity index (χ0) is 19.0. The number of allylic oxidation sites excluding steroid dienone is 1. The summed E-state index contributed by atoms with van der Waals surface area (Å²) in [5, 5.41) is 5.49. The van der Waals surface area contributed by atoms with Crippen LogP contribution in [-0.2, 0) is 14.9 Å². The number of nitrogens with one attached hydrogen (secondary N) is 2. The summed E-state index contributed by atoms with van der Waals surface area (Å²) in [6.07, 6.45) is 0. The predicted octanol–water partition coefficient (Wildman–Crippen LogP) is 3.95. The highest BCUT2D eigenvalue weighted by atomic mass is 16.6. The molecule has 1 aliphatic heterocycles. The second-order valence-corrected chi connectivity index (χ2v) is 8.44. The van der Waals surface area contributed by atoms with Crippen molar-refractivity contribution in [2.75, 3.05) is 0 Å². The molecule has 1 atom stereocenters. The van der Waals surface area contributed by atoms with E-state index in [1.165, 1.54) is 5.56 Å². The van der Waals surface area contributed by atoms with E-state index in [-0.39, 0.29) is 11.4 Å². The summed E-state index contributed by atoms with van der Waals surface area (Å²) in [5.41, 5.74) is 2.42. The Kier molecular flexibility index (Phi) is 4.98. The Balaban J connectivity index is 2.40. The molecule has 1 aliphatic rings. The second kappa shape index (κ2) is 6.54. The number of hydrogen-bond acceptors (Lipinski definition) is 3. The number of esters is 1.